The van der Waals surface area contributed by atoms with E-state index in [1.165, 1.54) is 21.7 Å². The Morgan fingerprint density at radius 3 is 2.29 bits per heavy atom. The summed E-state index contributed by atoms with van der Waals surface area (Å²) in [7, 11) is 4.78. The lowest BCUT2D eigenvalue weighted by Crippen LogP contribution is -3.15. The van der Waals surface area contributed by atoms with Crippen molar-refractivity contribution in [2.24, 2.45) is 0 Å². The normalized spacial score (nSPS) is 14.3. The number of methoxy groups -OCH3 is 3. The quantitative estimate of drug-likeness (QED) is 0.665. The number of amides is 1. The summed E-state index contributed by atoms with van der Waals surface area (Å²) >= 11 is 0. The lowest BCUT2D eigenvalue weighted by molar-refractivity contribution is -0.892. The zero-order valence-corrected chi connectivity index (χ0v) is 19.2. The molecule has 0 spiro atoms. The Balaban J connectivity index is 1.53. The van der Waals surface area contributed by atoms with Crippen LogP contribution in [0, 0.1) is 13.8 Å². The predicted molar refractivity (Wildman–Crippen MR) is 122 cm³/mol. The minimum absolute atomic E-state index is 0.0343. The molecule has 0 unspecified atom stereocenters. The number of carbonyl (C=O) groups excluding carboxylic acids is 1. The number of rotatable bonds is 8. The maximum Gasteiger partial charge on any atom is 0.275 e. The molecule has 3 rings (SSSR count). The van der Waals surface area contributed by atoms with Crippen LogP contribution in [-0.2, 0) is 11.3 Å². The van der Waals surface area contributed by atoms with Gasteiger partial charge in [-0.2, -0.15) is 0 Å². The van der Waals surface area contributed by atoms with E-state index in [4.69, 9.17) is 14.2 Å². The van der Waals surface area contributed by atoms with E-state index in [0.29, 0.717) is 30.3 Å². The highest BCUT2D eigenvalue weighted by molar-refractivity contribution is 5.77. The van der Waals surface area contributed by atoms with Crippen LogP contribution in [-0.4, -0.2) is 60.0 Å². The maximum atomic E-state index is 12.6. The molecule has 7 nitrogen and oxygen atoms in total. The summed E-state index contributed by atoms with van der Waals surface area (Å²) in [4.78, 5) is 16.3. The summed E-state index contributed by atoms with van der Waals surface area (Å²) in [5, 5.41) is 3.02. The third kappa shape index (κ3) is 5.41. The zero-order valence-electron chi connectivity index (χ0n) is 19.2. The molecule has 0 atom stereocenters. The number of nitrogens with zero attached hydrogens (tertiary/aromatic N) is 1. The fourth-order valence-electron chi connectivity index (χ4n) is 4.03. The predicted octanol–water partition coefficient (Wildman–Crippen LogP) is 1.35. The number of nitrogens with one attached hydrogen (secondary N) is 2. The fourth-order valence-corrected chi connectivity index (χ4v) is 4.03. The minimum atomic E-state index is 0.0343. The molecule has 2 N–H and O–H groups in total. The van der Waals surface area contributed by atoms with E-state index < -0.39 is 0 Å². The monoisotopic (exact) mass is 428 g/mol. The number of hydrogen-bond acceptors (Lipinski definition) is 5. The van der Waals surface area contributed by atoms with Crippen molar-refractivity contribution in [3.05, 3.63) is 47.0 Å². The van der Waals surface area contributed by atoms with E-state index in [1.54, 1.807) is 27.4 Å². The Labute approximate surface area is 184 Å². The molecule has 7 heteroatoms. The second-order valence-corrected chi connectivity index (χ2v) is 7.93. The van der Waals surface area contributed by atoms with Crippen LogP contribution >= 0.6 is 0 Å². The molecule has 168 valence electrons. The van der Waals surface area contributed by atoms with Crippen LogP contribution in [0.4, 0.5) is 5.69 Å². The first-order valence-corrected chi connectivity index (χ1v) is 10.7. The van der Waals surface area contributed by atoms with Crippen LogP contribution in [0.5, 0.6) is 17.2 Å². The van der Waals surface area contributed by atoms with Crippen LogP contribution in [0.1, 0.15) is 16.7 Å². The van der Waals surface area contributed by atoms with E-state index in [1.807, 2.05) is 6.07 Å². The van der Waals surface area contributed by atoms with Crippen molar-refractivity contribution >= 4 is 11.6 Å². The van der Waals surface area contributed by atoms with Gasteiger partial charge in [-0.3, -0.25) is 4.79 Å². The molecular weight excluding hydrogens is 394 g/mol. The average Bonchev–Trinajstić information content (AvgIpc) is 2.79. The van der Waals surface area contributed by atoms with Gasteiger partial charge in [0.15, 0.2) is 18.0 Å². The summed E-state index contributed by atoms with van der Waals surface area (Å²) in [5.74, 6) is 1.90. The number of anilines is 1. The average molecular weight is 429 g/mol. The lowest BCUT2D eigenvalue weighted by Gasteiger charge is -2.34. The summed E-state index contributed by atoms with van der Waals surface area (Å²) in [5.41, 5.74) is 4.82. The number of piperazine rings is 1. The number of ether oxygens (including phenoxy) is 3. The van der Waals surface area contributed by atoms with Gasteiger partial charge in [0.1, 0.15) is 5.75 Å². The standard InChI is InChI=1S/C24H33N3O4/c1-17-7-6-8-20(18(17)2)27-11-9-26(10-12-27)16-24(28)25-15-19-13-22(30-4)23(31-5)14-21(19)29-3/h6-8,13-14H,9-12,15-16H2,1-5H3,(H,25,28)/p+1. The smallest absolute Gasteiger partial charge is 0.275 e. The van der Waals surface area contributed by atoms with Crippen LogP contribution in [0.3, 0.4) is 0 Å². The van der Waals surface area contributed by atoms with Gasteiger partial charge in [0.25, 0.3) is 5.91 Å². The second-order valence-electron chi connectivity index (χ2n) is 7.93. The minimum Gasteiger partial charge on any atom is -0.496 e. The Morgan fingerprint density at radius 2 is 1.65 bits per heavy atom. The molecule has 1 aliphatic heterocycles. The third-order valence-electron chi connectivity index (χ3n) is 6.06. The molecule has 1 amide bonds. The molecule has 1 fully saturated rings. The number of aryl methyl sites for hydroxylation is 1. The van der Waals surface area contributed by atoms with Crippen molar-refractivity contribution in [2.45, 2.75) is 20.4 Å². The van der Waals surface area contributed by atoms with E-state index >= 15 is 0 Å². The second kappa shape index (κ2) is 10.4. The van der Waals surface area contributed by atoms with Crippen molar-refractivity contribution in [3.63, 3.8) is 0 Å². The Morgan fingerprint density at radius 1 is 1.00 bits per heavy atom. The van der Waals surface area contributed by atoms with E-state index in [0.717, 1.165) is 31.7 Å². The van der Waals surface area contributed by atoms with E-state index in [9.17, 15) is 4.79 Å². The summed E-state index contributed by atoms with van der Waals surface area (Å²) in [6.07, 6.45) is 0. The molecule has 1 aliphatic rings. The molecule has 0 radical (unpaired) electrons. The molecule has 0 saturated carbocycles. The van der Waals surface area contributed by atoms with Gasteiger partial charge in [-0.25, -0.2) is 0 Å². The number of benzene rings is 2. The molecule has 0 bridgehead atoms. The van der Waals surface area contributed by atoms with Gasteiger partial charge < -0.3 is 29.3 Å². The van der Waals surface area contributed by atoms with Gasteiger partial charge in [0, 0.05) is 23.9 Å². The molecule has 1 heterocycles. The van der Waals surface area contributed by atoms with Gasteiger partial charge in [-0.05, 0) is 37.1 Å². The van der Waals surface area contributed by atoms with Crippen molar-refractivity contribution in [1.82, 2.24) is 5.32 Å². The third-order valence-corrected chi connectivity index (χ3v) is 6.06. The first-order valence-electron chi connectivity index (χ1n) is 10.7. The molecular formula is C24H34N3O4+. The SMILES string of the molecule is COc1cc(OC)c(OC)cc1CNC(=O)C[NH+]1CCN(c2cccc(C)c2C)CC1. The van der Waals surface area contributed by atoms with Gasteiger partial charge >= 0.3 is 0 Å². The highest BCUT2D eigenvalue weighted by Gasteiger charge is 2.23. The zero-order chi connectivity index (χ0) is 22.4. The Kier molecular flexibility index (Phi) is 7.63. The summed E-state index contributed by atoms with van der Waals surface area (Å²) < 4.78 is 16.1. The van der Waals surface area contributed by atoms with Gasteiger partial charge in [0.2, 0.25) is 0 Å². The molecule has 2 aromatic carbocycles. The highest BCUT2D eigenvalue weighted by atomic mass is 16.5. The lowest BCUT2D eigenvalue weighted by atomic mass is 10.1. The Hall–Kier alpha value is -2.93. The number of carbonyl (C=O) groups is 1. The summed E-state index contributed by atoms with van der Waals surface area (Å²) in [6.45, 7) is 8.98. The first-order chi connectivity index (χ1) is 15.0. The van der Waals surface area contributed by atoms with Crippen LogP contribution in [0.2, 0.25) is 0 Å². The van der Waals surface area contributed by atoms with E-state index in [2.05, 4.69) is 42.3 Å². The van der Waals surface area contributed by atoms with Crippen molar-refractivity contribution < 1.29 is 23.9 Å². The largest absolute Gasteiger partial charge is 0.496 e. The first kappa shape index (κ1) is 22.7. The number of hydrogen-bond donors (Lipinski definition) is 2. The highest BCUT2D eigenvalue weighted by Crippen LogP contribution is 2.34. The van der Waals surface area contributed by atoms with Crippen LogP contribution in [0.25, 0.3) is 0 Å². The van der Waals surface area contributed by atoms with Gasteiger partial charge in [-0.1, -0.05) is 12.1 Å². The fraction of sp³-hybridized carbons (Fsp3) is 0.458. The molecule has 1 saturated heterocycles. The maximum absolute atomic E-state index is 12.6. The Bertz CT molecular complexity index is 908. The topological polar surface area (TPSA) is 64.5 Å². The molecule has 31 heavy (non-hydrogen) atoms. The van der Waals surface area contributed by atoms with E-state index in [-0.39, 0.29) is 5.91 Å². The molecule has 0 aromatic heterocycles. The van der Waals surface area contributed by atoms with Crippen LogP contribution in [0.15, 0.2) is 30.3 Å². The van der Waals surface area contributed by atoms with Crippen LogP contribution < -0.4 is 29.3 Å². The number of quaternary nitrogens is 1. The summed E-state index contributed by atoms with van der Waals surface area (Å²) in [6, 6.07) is 10.1. The van der Waals surface area contributed by atoms with Crippen molar-refractivity contribution in [1.29, 1.82) is 0 Å². The van der Waals surface area contributed by atoms with Crippen molar-refractivity contribution in [2.75, 3.05) is 59.0 Å². The van der Waals surface area contributed by atoms with Gasteiger partial charge in [0.05, 0.1) is 47.5 Å². The molecule has 2 aromatic rings. The molecule has 0 aliphatic carbocycles. The van der Waals surface area contributed by atoms with Crippen molar-refractivity contribution in [3.8, 4) is 17.2 Å². The van der Waals surface area contributed by atoms with Gasteiger partial charge in [-0.15, -0.1) is 0 Å².